The van der Waals surface area contributed by atoms with Crippen molar-refractivity contribution in [3.05, 3.63) is 34.5 Å². The average molecular weight is 365 g/mol. The van der Waals surface area contributed by atoms with Crippen LogP contribution in [-0.4, -0.2) is 53.2 Å². The molecule has 134 valence electrons. The number of likely N-dealkylation sites (tertiary alicyclic amines) is 1. The molecule has 1 aromatic heterocycles. The van der Waals surface area contributed by atoms with Crippen LogP contribution >= 0.6 is 11.6 Å². The van der Waals surface area contributed by atoms with Crippen molar-refractivity contribution in [1.29, 1.82) is 0 Å². The first-order valence-electron chi connectivity index (χ1n) is 8.25. The molecule has 6 nitrogen and oxygen atoms in total. The lowest BCUT2D eigenvalue weighted by molar-refractivity contribution is -0.154. The molecule has 2 aromatic rings. The number of amides is 1. The van der Waals surface area contributed by atoms with Crippen LogP contribution in [0.1, 0.15) is 28.9 Å². The maximum absolute atomic E-state index is 12.8. The molecule has 3 rings (SSSR count). The second-order valence-electron chi connectivity index (χ2n) is 6.46. The maximum atomic E-state index is 12.8. The molecule has 2 N–H and O–H groups in total. The molecule has 2 heterocycles. The number of H-pyrrole nitrogens is 1. The summed E-state index contributed by atoms with van der Waals surface area (Å²) in [5.74, 6) is -0.985. The van der Waals surface area contributed by atoms with Crippen LogP contribution in [0.3, 0.4) is 0 Å². The number of nitrogens with zero attached hydrogens (tertiary/aromatic N) is 1. The van der Waals surface area contributed by atoms with Gasteiger partial charge in [0.25, 0.3) is 5.91 Å². The summed E-state index contributed by atoms with van der Waals surface area (Å²) in [5.41, 5.74) is 2.29. The molecule has 0 spiro atoms. The van der Waals surface area contributed by atoms with Crippen LogP contribution < -0.4 is 0 Å². The van der Waals surface area contributed by atoms with E-state index in [2.05, 4.69) is 9.72 Å². The molecule has 1 atom stereocenters. The average Bonchev–Trinajstić information content (AvgIpc) is 2.96. The Balaban J connectivity index is 1.73. The highest BCUT2D eigenvalue weighted by Gasteiger charge is 2.33. The predicted octanol–water partition coefficient (Wildman–Crippen LogP) is 2.52. The van der Waals surface area contributed by atoms with E-state index in [4.69, 9.17) is 11.6 Å². The molecule has 1 aliphatic heterocycles. The summed E-state index contributed by atoms with van der Waals surface area (Å²) >= 11 is 6.40. The number of fused-ring (bicyclic) bond motifs is 1. The molecule has 25 heavy (non-hydrogen) atoms. The number of esters is 1. The Kier molecular flexibility index (Phi) is 5.01. The summed E-state index contributed by atoms with van der Waals surface area (Å²) in [6.45, 7) is 2.90. The van der Waals surface area contributed by atoms with Gasteiger partial charge in [-0.3, -0.25) is 4.79 Å². The molecule has 1 aliphatic rings. The molecule has 0 aliphatic carbocycles. The van der Waals surface area contributed by atoms with Gasteiger partial charge in [-0.25, -0.2) is 4.79 Å². The van der Waals surface area contributed by atoms with E-state index in [1.165, 1.54) is 7.11 Å². The number of benzene rings is 1. The molecule has 1 saturated heterocycles. The van der Waals surface area contributed by atoms with Gasteiger partial charge in [0.05, 0.1) is 12.1 Å². The number of aromatic amines is 1. The lowest BCUT2D eigenvalue weighted by atomic mass is 9.91. The van der Waals surface area contributed by atoms with Gasteiger partial charge < -0.3 is 19.7 Å². The van der Waals surface area contributed by atoms with Crippen molar-refractivity contribution in [1.82, 2.24) is 9.88 Å². The zero-order chi connectivity index (χ0) is 18.1. The van der Waals surface area contributed by atoms with Crippen LogP contribution in [0.15, 0.2) is 18.2 Å². The van der Waals surface area contributed by atoms with Crippen molar-refractivity contribution in [2.24, 2.45) is 5.92 Å². The maximum Gasteiger partial charge on any atom is 0.334 e. The molecule has 0 saturated carbocycles. The minimum Gasteiger partial charge on any atom is -0.467 e. The largest absolute Gasteiger partial charge is 0.467 e. The van der Waals surface area contributed by atoms with E-state index < -0.39 is 12.1 Å². The molecule has 1 aromatic carbocycles. The number of nitrogens with one attached hydrogen (secondary N) is 1. The number of methoxy groups -OCH3 is 1. The number of aliphatic hydroxyl groups is 1. The highest BCUT2D eigenvalue weighted by molar-refractivity contribution is 6.38. The van der Waals surface area contributed by atoms with Gasteiger partial charge in [0, 0.05) is 24.0 Å². The van der Waals surface area contributed by atoms with Gasteiger partial charge in [-0.2, -0.15) is 0 Å². The smallest absolute Gasteiger partial charge is 0.334 e. The number of ether oxygens (including phenoxy) is 1. The molecule has 7 heteroatoms. The number of rotatable bonds is 3. The van der Waals surface area contributed by atoms with Crippen LogP contribution in [0.5, 0.6) is 0 Å². The first kappa shape index (κ1) is 17.8. The van der Waals surface area contributed by atoms with Crippen LogP contribution in [0.4, 0.5) is 0 Å². The number of piperidine rings is 1. The second kappa shape index (κ2) is 7.06. The highest BCUT2D eigenvalue weighted by Crippen LogP contribution is 2.30. The number of carbonyl (C=O) groups is 2. The first-order valence-corrected chi connectivity index (χ1v) is 8.63. The Morgan fingerprint density at radius 1 is 1.36 bits per heavy atom. The Labute approximate surface area is 150 Å². The minimum atomic E-state index is -1.14. The third-order valence-electron chi connectivity index (χ3n) is 4.82. The Morgan fingerprint density at radius 3 is 2.68 bits per heavy atom. The Bertz CT molecular complexity index is 809. The fourth-order valence-electron chi connectivity index (χ4n) is 3.31. The summed E-state index contributed by atoms with van der Waals surface area (Å²) in [5, 5.41) is 11.2. The van der Waals surface area contributed by atoms with E-state index in [0.29, 0.717) is 36.6 Å². The molecular formula is C18H21ClN2O4. The molecule has 0 bridgehead atoms. The fraction of sp³-hybridized carbons (Fsp3) is 0.444. The minimum absolute atomic E-state index is 0.162. The first-order chi connectivity index (χ1) is 11.9. The van der Waals surface area contributed by atoms with Crippen LogP contribution in [-0.2, 0) is 9.53 Å². The lowest BCUT2D eigenvalue weighted by Gasteiger charge is -2.33. The number of aliphatic hydroxyl groups excluding tert-OH is 1. The van der Waals surface area contributed by atoms with Gasteiger partial charge in [0.2, 0.25) is 0 Å². The number of aromatic nitrogens is 1. The van der Waals surface area contributed by atoms with Gasteiger partial charge in [-0.15, -0.1) is 0 Å². The zero-order valence-corrected chi connectivity index (χ0v) is 15.0. The summed E-state index contributed by atoms with van der Waals surface area (Å²) in [6, 6.07) is 5.82. The quantitative estimate of drug-likeness (QED) is 0.820. The summed E-state index contributed by atoms with van der Waals surface area (Å²) in [6.07, 6.45) is -0.0559. The van der Waals surface area contributed by atoms with Gasteiger partial charge in [0.15, 0.2) is 6.10 Å². The van der Waals surface area contributed by atoms with E-state index in [1.54, 1.807) is 4.90 Å². The third-order valence-corrected chi connectivity index (χ3v) is 5.21. The number of halogens is 1. The topological polar surface area (TPSA) is 82.6 Å². The van der Waals surface area contributed by atoms with Gasteiger partial charge in [-0.1, -0.05) is 23.2 Å². The molecular weight excluding hydrogens is 344 g/mol. The molecule has 1 fully saturated rings. The van der Waals surface area contributed by atoms with E-state index >= 15 is 0 Å². The number of carbonyl (C=O) groups excluding carboxylic acids is 2. The third kappa shape index (κ3) is 3.37. The van der Waals surface area contributed by atoms with E-state index in [-0.39, 0.29) is 11.8 Å². The van der Waals surface area contributed by atoms with Crippen molar-refractivity contribution in [2.75, 3.05) is 20.2 Å². The van der Waals surface area contributed by atoms with E-state index in [0.717, 1.165) is 16.5 Å². The monoisotopic (exact) mass is 364 g/mol. The Hall–Kier alpha value is -2.05. The number of aryl methyl sites for hydroxylation is 1. The number of hydrogen-bond acceptors (Lipinski definition) is 4. The van der Waals surface area contributed by atoms with E-state index in [9.17, 15) is 14.7 Å². The van der Waals surface area contributed by atoms with Crippen LogP contribution in [0, 0.1) is 12.8 Å². The molecule has 1 unspecified atom stereocenters. The number of hydrogen-bond donors (Lipinski definition) is 2. The summed E-state index contributed by atoms with van der Waals surface area (Å²) in [4.78, 5) is 29.0. The van der Waals surface area contributed by atoms with Crippen molar-refractivity contribution >= 4 is 34.4 Å². The molecule has 0 radical (unpaired) electrons. The standard InChI is InChI=1S/C18H21ClN2O4/c1-10-3-4-13-12(9-10)14(19)15(20-13)17(23)21-7-5-11(6-8-21)16(22)18(24)25-2/h3-4,9,11,16,20,22H,5-8H2,1-2H3. The van der Waals surface area contributed by atoms with Crippen molar-refractivity contribution < 1.29 is 19.4 Å². The van der Waals surface area contributed by atoms with Crippen molar-refractivity contribution in [3.8, 4) is 0 Å². The van der Waals surface area contributed by atoms with Crippen LogP contribution in [0.25, 0.3) is 10.9 Å². The van der Waals surface area contributed by atoms with Crippen molar-refractivity contribution in [2.45, 2.75) is 25.9 Å². The normalized spacial score (nSPS) is 16.9. The second-order valence-corrected chi connectivity index (χ2v) is 6.84. The highest BCUT2D eigenvalue weighted by atomic mass is 35.5. The van der Waals surface area contributed by atoms with Gasteiger partial charge in [0.1, 0.15) is 5.69 Å². The predicted molar refractivity (Wildman–Crippen MR) is 94.7 cm³/mol. The summed E-state index contributed by atoms with van der Waals surface area (Å²) in [7, 11) is 1.25. The van der Waals surface area contributed by atoms with Crippen molar-refractivity contribution in [3.63, 3.8) is 0 Å². The summed E-state index contributed by atoms with van der Waals surface area (Å²) < 4.78 is 4.58. The zero-order valence-electron chi connectivity index (χ0n) is 14.2. The SMILES string of the molecule is COC(=O)C(O)C1CCN(C(=O)c2[nH]c3ccc(C)cc3c2Cl)CC1. The molecule has 1 amide bonds. The van der Waals surface area contributed by atoms with Crippen LogP contribution in [0.2, 0.25) is 5.02 Å². The van der Waals surface area contributed by atoms with Gasteiger partial charge >= 0.3 is 5.97 Å². The lowest BCUT2D eigenvalue weighted by Crippen LogP contribution is -2.43. The Morgan fingerprint density at radius 2 is 2.04 bits per heavy atom. The fourth-order valence-corrected chi connectivity index (χ4v) is 3.59. The van der Waals surface area contributed by atoms with E-state index in [1.807, 2.05) is 25.1 Å². The van der Waals surface area contributed by atoms with Gasteiger partial charge in [-0.05, 0) is 37.8 Å².